The van der Waals surface area contributed by atoms with Gasteiger partial charge in [0.05, 0.1) is 8.07 Å². The molecule has 0 rings (SSSR count). The van der Waals surface area contributed by atoms with Crippen molar-refractivity contribution in [2.24, 2.45) is 5.73 Å². The van der Waals surface area contributed by atoms with Crippen molar-refractivity contribution < 1.29 is 0 Å². The predicted octanol–water partition coefficient (Wildman–Crippen LogP) is 3.97. The Morgan fingerprint density at radius 1 is 1.07 bits per heavy atom. The van der Waals surface area contributed by atoms with Gasteiger partial charge in [0.25, 0.3) is 0 Å². The van der Waals surface area contributed by atoms with Crippen LogP contribution in [0.1, 0.15) is 33.6 Å². The van der Waals surface area contributed by atoms with Crippen molar-refractivity contribution in [3.8, 4) is 0 Å². The van der Waals surface area contributed by atoms with Crippen LogP contribution in [0.2, 0.25) is 24.2 Å². The van der Waals surface area contributed by atoms with Gasteiger partial charge in [-0.05, 0) is 35.9 Å². The zero-order valence-corrected chi connectivity index (χ0v) is 13.0. The molecule has 0 aliphatic heterocycles. The molecule has 0 fully saturated rings. The zero-order chi connectivity index (χ0) is 11.9. The highest BCUT2D eigenvalue weighted by Crippen LogP contribution is 2.39. The van der Waals surface area contributed by atoms with Gasteiger partial charge in [0.1, 0.15) is 0 Å². The van der Waals surface area contributed by atoms with E-state index >= 15 is 0 Å². The molecule has 0 atom stereocenters. The van der Waals surface area contributed by atoms with E-state index in [4.69, 9.17) is 5.73 Å². The molecule has 0 saturated heterocycles. The first-order valence-corrected chi connectivity index (χ1v) is 10.5. The topological polar surface area (TPSA) is 26.0 Å². The highest BCUT2D eigenvalue weighted by Gasteiger charge is 2.33. The number of hydrogen-bond acceptors (Lipinski definition) is 2. The monoisotopic (exact) mass is 247 g/mol. The first kappa shape index (κ1) is 15.5. The molecule has 0 saturated carbocycles. The van der Waals surface area contributed by atoms with Crippen LogP contribution >= 0.6 is 11.8 Å². The molecule has 0 amide bonds. The summed E-state index contributed by atoms with van der Waals surface area (Å²) < 4.78 is 0. The second kappa shape index (κ2) is 6.97. The molecule has 0 unspecified atom stereocenters. The van der Waals surface area contributed by atoms with Crippen LogP contribution in [0, 0.1) is 0 Å². The summed E-state index contributed by atoms with van der Waals surface area (Å²) in [6.07, 6.45) is 2.57. The summed E-state index contributed by atoms with van der Waals surface area (Å²) in [5, 5.41) is 0.551. The minimum atomic E-state index is -1.01. The molecule has 0 bridgehead atoms. The summed E-state index contributed by atoms with van der Waals surface area (Å²) in [7, 11) is -1.01. The Bertz CT molecular complexity index is 163. The number of nitrogens with two attached hydrogens (primary N) is 1. The Labute approximate surface area is 102 Å². The van der Waals surface area contributed by atoms with Crippen LogP contribution in [0.5, 0.6) is 0 Å². The third kappa shape index (κ3) is 6.64. The van der Waals surface area contributed by atoms with E-state index in [1.165, 1.54) is 30.4 Å². The summed E-state index contributed by atoms with van der Waals surface area (Å²) in [5.74, 6) is 2.57. The van der Waals surface area contributed by atoms with Crippen LogP contribution in [-0.4, -0.2) is 26.1 Å². The van der Waals surface area contributed by atoms with Crippen molar-refractivity contribution in [2.45, 2.75) is 57.8 Å². The van der Waals surface area contributed by atoms with Crippen LogP contribution in [0.25, 0.3) is 0 Å². The largest absolute Gasteiger partial charge is 0.330 e. The number of hydrogen-bond donors (Lipinski definition) is 1. The number of thioether (sulfide) groups is 1. The number of rotatable bonds is 7. The van der Waals surface area contributed by atoms with E-state index < -0.39 is 8.07 Å². The maximum atomic E-state index is 5.46. The molecule has 0 aromatic heterocycles. The van der Waals surface area contributed by atoms with Gasteiger partial charge < -0.3 is 5.73 Å². The molecular weight excluding hydrogens is 218 g/mol. The smallest absolute Gasteiger partial charge is 0.0528 e. The second-order valence-corrected chi connectivity index (χ2v) is 13.0. The van der Waals surface area contributed by atoms with Gasteiger partial charge in [-0.25, -0.2) is 0 Å². The average molecular weight is 248 g/mol. The van der Waals surface area contributed by atoms with Gasteiger partial charge >= 0.3 is 0 Å². The van der Waals surface area contributed by atoms with E-state index in [1.54, 1.807) is 0 Å². The van der Waals surface area contributed by atoms with E-state index in [-0.39, 0.29) is 0 Å². The Balaban J connectivity index is 3.58. The van der Waals surface area contributed by atoms with Gasteiger partial charge in [-0.1, -0.05) is 39.9 Å². The first-order chi connectivity index (χ1) is 6.81. The lowest BCUT2D eigenvalue weighted by molar-refractivity contribution is 0.710. The van der Waals surface area contributed by atoms with Gasteiger partial charge in [0, 0.05) is 0 Å². The quantitative estimate of drug-likeness (QED) is 0.544. The van der Waals surface area contributed by atoms with Crippen molar-refractivity contribution in [3.63, 3.8) is 0 Å². The molecule has 3 heteroatoms. The Morgan fingerprint density at radius 2 is 1.60 bits per heavy atom. The molecule has 0 aliphatic rings. The van der Waals surface area contributed by atoms with Crippen molar-refractivity contribution in [1.82, 2.24) is 0 Å². The fraction of sp³-hybridized carbons (Fsp3) is 1.00. The molecule has 0 aliphatic carbocycles. The average Bonchev–Trinajstić information content (AvgIpc) is 2.09. The summed E-state index contributed by atoms with van der Waals surface area (Å²) in [6.45, 7) is 13.1. The molecule has 0 radical (unpaired) electrons. The normalized spacial score (nSPS) is 13.2. The predicted molar refractivity (Wildman–Crippen MR) is 77.6 cm³/mol. The summed E-state index contributed by atoms with van der Waals surface area (Å²) in [4.78, 5) is 0. The van der Waals surface area contributed by atoms with Gasteiger partial charge in [-0.2, -0.15) is 11.8 Å². The third-order valence-corrected chi connectivity index (χ3v) is 10.4. The highest BCUT2D eigenvalue weighted by atomic mass is 32.2. The SMILES string of the molecule is CC(C)(C)[Si](C)(C)CCCSCCCN. The molecule has 0 spiro atoms. The molecular formula is C12H29NSSi. The molecule has 2 N–H and O–H groups in total. The standard InChI is InChI=1S/C12H29NSSi/c1-12(2,3)15(4,5)11-7-10-14-9-6-8-13/h6-11,13H2,1-5H3. The Hall–Kier alpha value is 0.527. The fourth-order valence-electron chi connectivity index (χ4n) is 1.28. The van der Waals surface area contributed by atoms with E-state index in [0.717, 1.165) is 6.54 Å². The summed E-state index contributed by atoms with van der Waals surface area (Å²) in [6, 6.07) is 1.46. The van der Waals surface area contributed by atoms with E-state index in [1.807, 2.05) is 0 Å². The van der Waals surface area contributed by atoms with Gasteiger partial charge in [-0.15, -0.1) is 0 Å². The van der Waals surface area contributed by atoms with E-state index in [9.17, 15) is 0 Å². The summed E-state index contributed by atoms with van der Waals surface area (Å²) in [5.41, 5.74) is 5.46. The maximum Gasteiger partial charge on any atom is 0.0528 e. The minimum absolute atomic E-state index is 0.551. The lowest BCUT2D eigenvalue weighted by atomic mass is 10.2. The highest BCUT2D eigenvalue weighted by molar-refractivity contribution is 7.99. The van der Waals surface area contributed by atoms with Crippen molar-refractivity contribution in [2.75, 3.05) is 18.1 Å². The van der Waals surface area contributed by atoms with Gasteiger partial charge in [0.2, 0.25) is 0 Å². The fourth-order valence-corrected chi connectivity index (χ4v) is 4.27. The molecule has 0 aromatic carbocycles. The minimum Gasteiger partial charge on any atom is -0.330 e. The van der Waals surface area contributed by atoms with Crippen LogP contribution in [-0.2, 0) is 0 Å². The molecule has 15 heavy (non-hydrogen) atoms. The molecule has 0 aromatic rings. The van der Waals surface area contributed by atoms with E-state index in [0.29, 0.717) is 5.04 Å². The van der Waals surface area contributed by atoms with Crippen molar-refractivity contribution in [1.29, 1.82) is 0 Å². The summed E-state index contributed by atoms with van der Waals surface area (Å²) >= 11 is 2.07. The maximum absolute atomic E-state index is 5.46. The van der Waals surface area contributed by atoms with Crippen LogP contribution < -0.4 is 5.73 Å². The van der Waals surface area contributed by atoms with Crippen LogP contribution in [0.15, 0.2) is 0 Å². The Morgan fingerprint density at radius 3 is 2.07 bits per heavy atom. The van der Waals surface area contributed by atoms with Gasteiger partial charge in [0.15, 0.2) is 0 Å². The molecule has 92 valence electrons. The second-order valence-electron chi connectivity index (χ2n) is 5.99. The zero-order valence-electron chi connectivity index (χ0n) is 11.2. The van der Waals surface area contributed by atoms with Crippen LogP contribution in [0.3, 0.4) is 0 Å². The third-order valence-electron chi connectivity index (χ3n) is 3.61. The molecule has 1 nitrogen and oxygen atoms in total. The van der Waals surface area contributed by atoms with Crippen LogP contribution in [0.4, 0.5) is 0 Å². The Kier molecular flexibility index (Phi) is 7.22. The van der Waals surface area contributed by atoms with Gasteiger partial charge in [-0.3, -0.25) is 0 Å². The van der Waals surface area contributed by atoms with E-state index in [2.05, 4.69) is 45.6 Å². The lowest BCUT2D eigenvalue weighted by Gasteiger charge is -2.37. The van der Waals surface area contributed by atoms with Crippen molar-refractivity contribution >= 4 is 19.8 Å². The first-order valence-electron chi connectivity index (χ1n) is 6.09. The van der Waals surface area contributed by atoms with Crippen molar-refractivity contribution in [3.05, 3.63) is 0 Å². The molecule has 0 heterocycles. The lowest BCUT2D eigenvalue weighted by Crippen LogP contribution is -2.36.